The predicted octanol–water partition coefficient (Wildman–Crippen LogP) is 4.40. The number of rotatable bonds is 5. The Morgan fingerprint density at radius 2 is 1.71 bits per heavy atom. The van der Waals surface area contributed by atoms with E-state index in [2.05, 4.69) is 4.99 Å². The van der Waals surface area contributed by atoms with Crippen molar-refractivity contribution in [2.75, 3.05) is 7.11 Å². The maximum absolute atomic E-state index is 13.4. The van der Waals surface area contributed by atoms with Gasteiger partial charge < -0.3 is 14.2 Å². The average Bonchev–Trinajstić information content (AvgIpc) is 3.15. The number of carbonyl (C=O) groups is 2. The van der Waals surface area contributed by atoms with Gasteiger partial charge in [0.1, 0.15) is 17.3 Å². The maximum Gasteiger partial charge on any atom is 0.363 e. The van der Waals surface area contributed by atoms with Crippen molar-refractivity contribution in [2.24, 2.45) is 4.99 Å². The van der Waals surface area contributed by atoms with Gasteiger partial charge >= 0.3 is 11.9 Å². The van der Waals surface area contributed by atoms with Crippen molar-refractivity contribution in [1.29, 1.82) is 0 Å². The topological polar surface area (TPSA) is 74.2 Å². The lowest BCUT2D eigenvalue weighted by molar-refractivity contribution is -0.129. The molecule has 1 aliphatic rings. The molecule has 3 aromatic rings. The molecule has 154 valence electrons. The van der Waals surface area contributed by atoms with Crippen molar-refractivity contribution in [3.63, 3.8) is 0 Å². The number of cyclic esters (lactones) is 1. The van der Waals surface area contributed by atoms with Gasteiger partial charge in [0.25, 0.3) is 0 Å². The zero-order valence-corrected chi connectivity index (χ0v) is 16.4. The van der Waals surface area contributed by atoms with Crippen LogP contribution < -0.4 is 9.47 Å². The van der Waals surface area contributed by atoms with E-state index >= 15 is 0 Å². The molecule has 31 heavy (non-hydrogen) atoms. The van der Waals surface area contributed by atoms with Crippen molar-refractivity contribution < 1.29 is 28.2 Å². The van der Waals surface area contributed by atoms with Crippen molar-refractivity contribution in [3.8, 4) is 11.5 Å². The zero-order valence-electron chi connectivity index (χ0n) is 16.4. The van der Waals surface area contributed by atoms with Crippen LogP contribution in [0.25, 0.3) is 6.08 Å². The van der Waals surface area contributed by atoms with E-state index in [0.717, 1.165) is 0 Å². The van der Waals surface area contributed by atoms with Crippen molar-refractivity contribution in [2.45, 2.75) is 0 Å². The fourth-order valence-electron chi connectivity index (χ4n) is 2.84. The van der Waals surface area contributed by atoms with Crippen molar-refractivity contribution >= 4 is 23.9 Å². The van der Waals surface area contributed by atoms with Gasteiger partial charge in [0.15, 0.2) is 5.70 Å². The maximum atomic E-state index is 13.4. The molecule has 0 aliphatic carbocycles. The highest BCUT2D eigenvalue weighted by Gasteiger charge is 2.24. The molecule has 1 aliphatic heterocycles. The Labute approximate surface area is 177 Å². The molecule has 0 unspecified atom stereocenters. The molecule has 3 aromatic carbocycles. The summed E-state index contributed by atoms with van der Waals surface area (Å²) in [6.07, 6.45) is 1.53. The summed E-state index contributed by atoms with van der Waals surface area (Å²) in [5.41, 5.74) is 1.50. The standard InChI is InChI=1S/C24H16FNO5/c1-29-19-11-7-16(8-12-19)23(27)30-20-9-5-15(6-10-20)13-21-24(28)31-22(26-21)17-3-2-4-18(25)14-17/h2-14H,1H3. The lowest BCUT2D eigenvalue weighted by Gasteiger charge is -2.05. The number of carbonyl (C=O) groups excluding carboxylic acids is 2. The van der Waals surface area contributed by atoms with Gasteiger partial charge in [-0.25, -0.2) is 19.0 Å². The molecule has 4 rings (SSSR count). The van der Waals surface area contributed by atoms with Crippen LogP contribution in [0.1, 0.15) is 21.5 Å². The number of halogens is 1. The smallest absolute Gasteiger partial charge is 0.363 e. The van der Waals surface area contributed by atoms with E-state index in [-0.39, 0.29) is 11.6 Å². The highest BCUT2D eigenvalue weighted by Crippen LogP contribution is 2.22. The average molecular weight is 417 g/mol. The second-order valence-corrected chi connectivity index (χ2v) is 6.53. The van der Waals surface area contributed by atoms with Gasteiger partial charge in [-0.15, -0.1) is 0 Å². The molecule has 0 atom stereocenters. The molecule has 0 amide bonds. The van der Waals surface area contributed by atoms with Crippen LogP contribution in [-0.4, -0.2) is 24.9 Å². The third kappa shape index (κ3) is 4.67. The van der Waals surface area contributed by atoms with Crippen LogP contribution in [0.3, 0.4) is 0 Å². The van der Waals surface area contributed by atoms with Gasteiger partial charge in [0, 0.05) is 5.56 Å². The number of ether oxygens (including phenoxy) is 3. The third-order valence-corrected chi connectivity index (χ3v) is 4.41. The van der Waals surface area contributed by atoms with Crippen LogP contribution in [0.5, 0.6) is 11.5 Å². The van der Waals surface area contributed by atoms with Crippen LogP contribution in [0.4, 0.5) is 4.39 Å². The molecular weight excluding hydrogens is 401 g/mol. The highest BCUT2D eigenvalue weighted by molar-refractivity contribution is 6.12. The summed E-state index contributed by atoms with van der Waals surface area (Å²) in [5.74, 6) is -0.551. The van der Waals surface area contributed by atoms with E-state index in [1.54, 1.807) is 61.7 Å². The molecule has 7 heteroatoms. The number of benzene rings is 3. The number of nitrogens with zero attached hydrogens (tertiary/aromatic N) is 1. The molecule has 0 spiro atoms. The number of methoxy groups -OCH3 is 1. The second-order valence-electron chi connectivity index (χ2n) is 6.53. The predicted molar refractivity (Wildman–Crippen MR) is 111 cm³/mol. The summed E-state index contributed by atoms with van der Waals surface area (Å²) in [6, 6.07) is 18.8. The molecule has 0 saturated heterocycles. The Balaban J connectivity index is 1.47. The molecule has 0 bridgehead atoms. The summed E-state index contributed by atoms with van der Waals surface area (Å²) in [4.78, 5) is 28.5. The molecule has 1 heterocycles. The largest absolute Gasteiger partial charge is 0.497 e. The summed E-state index contributed by atoms with van der Waals surface area (Å²) < 4.78 is 28.9. The Morgan fingerprint density at radius 3 is 2.39 bits per heavy atom. The first kappa shape index (κ1) is 20.0. The Bertz CT molecular complexity index is 1200. The number of hydrogen-bond acceptors (Lipinski definition) is 6. The van der Waals surface area contributed by atoms with Gasteiger partial charge in [-0.3, -0.25) is 0 Å². The fourth-order valence-corrected chi connectivity index (χ4v) is 2.84. The van der Waals surface area contributed by atoms with E-state index in [4.69, 9.17) is 14.2 Å². The lowest BCUT2D eigenvalue weighted by atomic mass is 10.2. The zero-order chi connectivity index (χ0) is 21.8. The fraction of sp³-hybridized carbons (Fsp3) is 0.0417. The molecular formula is C24H16FNO5. The molecule has 0 fully saturated rings. The molecule has 0 radical (unpaired) electrons. The van der Waals surface area contributed by atoms with Crippen molar-refractivity contribution in [1.82, 2.24) is 0 Å². The lowest BCUT2D eigenvalue weighted by Crippen LogP contribution is -2.08. The monoisotopic (exact) mass is 417 g/mol. The molecule has 6 nitrogen and oxygen atoms in total. The second kappa shape index (κ2) is 8.62. The quantitative estimate of drug-likeness (QED) is 0.350. The Hall–Kier alpha value is -4.26. The highest BCUT2D eigenvalue weighted by atomic mass is 19.1. The van der Waals surface area contributed by atoms with Gasteiger partial charge in [-0.2, -0.15) is 0 Å². The number of hydrogen-bond donors (Lipinski definition) is 0. The minimum absolute atomic E-state index is 0.0424. The van der Waals surface area contributed by atoms with E-state index < -0.39 is 17.8 Å². The van der Waals surface area contributed by atoms with Gasteiger partial charge in [0.05, 0.1) is 12.7 Å². The molecule has 0 N–H and O–H groups in total. The Morgan fingerprint density at radius 1 is 1.00 bits per heavy atom. The van der Waals surface area contributed by atoms with E-state index in [1.165, 1.54) is 24.3 Å². The van der Waals surface area contributed by atoms with E-state index in [0.29, 0.717) is 28.2 Å². The van der Waals surface area contributed by atoms with Gasteiger partial charge in [0.2, 0.25) is 5.90 Å². The van der Waals surface area contributed by atoms with Crippen LogP contribution in [0, 0.1) is 5.82 Å². The normalized spacial score (nSPS) is 14.2. The van der Waals surface area contributed by atoms with E-state index in [1.807, 2.05) is 0 Å². The summed E-state index contributed by atoms with van der Waals surface area (Å²) >= 11 is 0. The first-order valence-electron chi connectivity index (χ1n) is 9.26. The molecule has 0 aromatic heterocycles. The van der Waals surface area contributed by atoms with Crippen LogP contribution in [0.2, 0.25) is 0 Å². The summed E-state index contributed by atoms with van der Waals surface area (Å²) in [7, 11) is 1.54. The minimum Gasteiger partial charge on any atom is -0.497 e. The van der Waals surface area contributed by atoms with Crippen molar-refractivity contribution in [3.05, 3.63) is 101 Å². The summed E-state index contributed by atoms with van der Waals surface area (Å²) in [6.45, 7) is 0. The number of aliphatic imine (C=N–C) groups is 1. The van der Waals surface area contributed by atoms with Gasteiger partial charge in [-0.05, 0) is 66.2 Å². The van der Waals surface area contributed by atoms with E-state index in [9.17, 15) is 14.0 Å². The van der Waals surface area contributed by atoms with Crippen LogP contribution in [-0.2, 0) is 9.53 Å². The third-order valence-electron chi connectivity index (χ3n) is 4.41. The minimum atomic E-state index is -0.630. The number of esters is 2. The van der Waals surface area contributed by atoms with Crippen LogP contribution >= 0.6 is 0 Å². The van der Waals surface area contributed by atoms with Gasteiger partial charge in [-0.1, -0.05) is 18.2 Å². The first-order valence-corrected chi connectivity index (χ1v) is 9.26. The summed E-state index contributed by atoms with van der Waals surface area (Å²) in [5, 5.41) is 0. The SMILES string of the molecule is COc1ccc(C(=O)Oc2ccc(C=C3N=C(c4cccc(F)c4)OC3=O)cc2)cc1. The first-order chi connectivity index (χ1) is 15.0. The Kier molecular flexibility index (Phi) is 5.57. The molecule has 0 saturated carbocycles. The van der Waals surface area contributed by atoms with Crippen LogP contribution in [0.15, 0.2) is 83.5 Å².